The Bertz CT molecular complexity index is 1120. The zero-order valence-corrected chi connectivity index (χ0v) is 29.8. The van der Waals surface area contributed by atoms with Crippen molar-refractivity contribution in [1.82, 2.24) is 9.80 Å². The highest BCUT2D eigenvalue weighted by Crippen LogP contribution is 2.38. The van der Waals surface area contributed by atoms with Crippen LogP contribution in [0.1, 0.15) is 80.1 Å². The summed E-state index contributed by atoms with van der Waals surface area (Å²) in [5.74, 6) is -0.684. The third-order valence-electron chi connectivity index (χ3n) is 9.84. The number of likely N-dealkylation sites (N-methyl/N-ethyl adjacent to an activating group) is 1. The van der Waals surface area contributed by atoms with Crippen molar-refractivity contribution in [3.8, 4) is 0 Å². The predicted molar refractivity (Wildman–Crippen MR) is 180 cm³/mol. The fourth-order valence-electron chi connectivity index (χ4n) is 6.59. The van der Waals surface area contributed by atoms with Crippen LogP contribution in [0, 0.1) is 11.8 Å². The van der Waals surface area contributed by atoms with Gasteiger partial charge in [-0.05, 0) is 71.7 Å². The lowest BCUT2D eigenvalue weighted by atomic mass is 9.88. The van der Waals surface area contributed by atoms with Gasteiger partial charge in [-0.25, -0.2) is 4.79 Å². The molecule has 10 unspecified atom stereocenters. The van der Waals surface area contributed by atoms with Crippen molar-refractivity contribution >= 4 is 12.1 Å². The first-order chi connectivity index (χ1) is 22.1. The van der Waals surface area contributed by atoms with Gasteiger partial charge in [0.05, 0.1) is 36.4 Å². The molecule has 3 rings (SSSR count). The van der Waals surface area contributed by atoms with E-state index in [9.17, 15) is 24.9 Å². The van der Waals surface area contributed by atoms with Crippen molar-refractivity contribution in [3.63, 3.8) is 0 Å². The van der Waals surface area contributed by atoms with Crippen LogP contribution in [-0.2, 0) is 23.7 Å². The smallest absolute Gasteiger partial charge is 0.410 e. The summed E-state index contributed by atoms with van der Waals surface area (Å²) in [6, 6.07) is 0. The number of methoxy groups -OCH3 is 1. The van der Waals surface area contributed by atoms with E-state index in [2.05, 4.69) is 18.7 Å². The van der Waals surface area contributed by atoms with Crippen molar-refractivity contribution in [1.29, 1.82) is 0 Å². The minimum atomic E-state index is -1.48. The van der Waals surface area contributed by atoms with E-state index >= 15 is 0 Å². The molecule has 3 heterocycles. The van der Waals surface area contributed by atoms with E-state index in [0.717, 1.165) is 31.5 Å². The minimum absolute atomic E-state index is 0.0469. The van der Waals surface area contributed by atoms with Gasteiger partial charge in [-0.3, -0.25) is 4.79 Å². The highest BCUT2D eigenvalue weighted by Gasteiger charge is 2.47. The number of aliphatic hydroxyl groups is 3. The lowest BCUT2D eigenvalue weighted by Gasteiger charge is -2.34. The minimum Gasteiger partial charge on any atom is -0.457 e. The third-order valence-corrected chi connectivity index (χ3v) is 9.84. The Morgan fingerprint density at radius 3 is 2.66 bits per heavy atom. The van der Waals surface area contributed by atoms with E-state index < -0.39 is 41.6 Å². The summed E-state index contributed by atoms with van der Waals surface area (Å²) < 4.78 is 23.2. The van der Waals surface area contributed by atoms with Gasteiger partial charge in [-0.15, -0.1) is 0 Å². The summed E-state index contributed by atoms with van der Waals surface area (Å²) in [5, 5.41) is 33.1. The number of epoxide rings is 1. The second-order valence-corrected chi connectivity index (χ2v) is 14.4. The second kappa shape index (κ2) is 17.4. The normalized spacial score (nSPS) is 35.1. The molecule has 0 bridgehead atoms. The number of cyclic esters (lactones) is 1. The Labute approximate surface area is 281 Å². The molecule has 10 atom stereocenters. The monoisotopic (exact) mass is 664 g/mol. The molecule has 0 radical (unpaired) electrons. The number of carbonyl (C=O) groups is 2. The molecule has 47 heavy (non-hydrogen) atoms. The fraction of sp³-hybridized carbons (Fsp3) is 0.778. The van der Waals surface area contributed by atoms with Crippen LogP contribution in [-0.4, -0.2) is 125 Å². The topological polar surface area (TPSA) is 142 Å². The average Bonchev–Trinajstić information content (AvgIpc) is 3.79. The number of rotatable bonds is 10. The highest BCUT2D eigenvalue weighted by molar-refractivity contribution is 5.70. The number of nitrogens with zero attached hydrogens (tertiary/aromatic N) is 2. The van der Waals surface area contributed by atoms with Crippen LogP contribution in [0.15, 0.2) is 36.0 Å². The van der Waals surface area contributed by atoms with E-state index in [1.165, 1.54) is 0 Å². The lowest BCUT2D eigenvalue weighted by Crippen LogP contribution is -2.45. The molecular weight excluding hydrogens is 604 g/mol. The van der Waals surface area contributed by atoms with Gasteiger partial charge in [0.25, 0.3) is 0 Å². The van der Waals surface area contributed by atoms with Crippen LogP contribution < -0.4 is 0 Å². The van der Waals surface area contributed by atoms with E-state index in [1.54, 1.807) is 56.2 Å². The number of ether oxygens (including phenoxy) is 4. The Morgan fingerprint density at radius 2 is 1.98 bits per heavy atom. The largest absolute Gasteiger partial charge is 0.457 e. The maximum Gasteiger partial charge on any atom is 0.410 e. The Hall–Kier alpha value is -2.28. The Balaban J connectivity index is 1.74. The number of carbonyl (C=O) groups excluding carboxylic acids is 2. The van der Waals surface area contributed by atoms with Gasteiger partial charge in [-0.2, -0.15) is 0 Å². The zero-order valence-electron chi connectivity index (χ0n) is 29.8. The van der Waals surface area contributed by atoms with Crippen molar-refractivity contribution in [3.05, 3.63) is 36.0 Å². The quantitative estimate of drug-likeness (QED) is 0.136. The molecule has 0 spiro atoms. The van der Waals surface area contributed by atoms with Crippen LogP contribution in [0.25, 0.3) is 0 Å². The second-order valence-electron chi connectivity index (χ2n) is 14.4. The number of hydrogen-bond donors (Lipinski definition) is 3. The van der Waals surface area contributed by atoms with E-state index in [1.807, 2.05) is 20.9 Å². The number of aliphatic hydroxyl groups excluding tert-OH is 1. The molecule has 0 aromatic carbocycles. The highest BCUT2D eigenvalue weighted by atomic mass is 16.6. The first kappa shape index (κ1) is 39.2. The van der Waals surface area contributed by atoms with Crippen molar-refractivity contribution < 1.29 is 43.9 Å². The molecular formula is C36H60N2O9. The molecule has 11 nitrogen and oxygen atoms in total. The summed E-state index contributed by atoms with van der Waals surface area (Å²) in [5.41, 5.74) is -1.87. The molecule has 3 aliphatic heterocycles. The van der Waals surface area contributed by atoms with E-state index in [0.29, 0.717) is 19.5 Å². The maximum atomic E-state index is 13.2. The van der Waals surface area contributed by atoms with Gasteiger partial charge >= 0.3 is 12.1 Å². The van der Waals surface area contributed by atoms with Crippen LogP contribution in [0.4, 0.5) is 4.79 Å². The summed E-state index contributed by atoms with van der Waals surface area (Å²) in [6.07, 6.45) is 7.81. The molecule has 3 aliphatic rings. The molecule has 1 amide bonds. The summed E-state index contributed by atoms with van der Waals surface area (Å²) in [7, 11) is 3.73. The summed E-state index contributed by atoms with van der Waals surface area (Å²) in [6.45, 7) is 14.0. The zero-order chi connectivity index (χ0) is 34.9. The Morgan fingerprint density at radius 1 is 1.26 bits per heavy atom. The molecule has 0 aromatic heterocycles. The number of allylic oxidation sites excluding steroid dienone is 2. The first-order valence-electron chi connectivity index (χ1n) is 17.3. The Kier molecular flexibility index (Phi) is 14.5. The van der Waals surface area contributed by atoms with Crippen molar-refractivity contribution in [2.24, 2.45) is 11.8 Å². The molecule has 3 N–H and O–H groups in total. The van der Waals surface area contributed by atoms with Gasteiger partial charge in [0.1, 0.15) is 11.7 Å². The average molecular weight is 665 g/mol. The van der Waals surface area contributed by atoms with Gasteiger partial charge in [-0.1, -0.05) is 45.1 Å². The van der Waals surface area contributed by atoms with Gasteiger partial charge in [0, 0.05) is 45.0 Å². The van der Waals surface area contributed by atoms with Crippen LogP contribution in [0.5, 0.6) is 0 Å². The number of hydrogen-bond acceptors (Lipinski definition) is 10. The van der Waals surface area contributed by atoms with Gasteiger partial charge < -0.3 is 44.1 Å². The number of esters is 1. The van der Waals surface area contributed by atoms with Gasteiger partial charge in [0.15, 0.2) is 6.10 Å². The van der Waals surface area contributed by atoms with E-state index in [-0.39, 0.29) is 49.4 Å². The summed E-state index contributed by atoms with van der Waals surface area (Å²) in [4.78, 5) is 29.9. The van der Waals surface area contributed by atoms with Crippen LogP contribution in [0.3, 0.4) is 0 Å². The molecule has 2 fully saturated rings. The summed E-state index contributed by atoms with van der Waals surface area (Å²) >= 11 is 0. The van der Waals surface area contributed by atoms with E-state index in [4.69, 9.17) is 18.9 Å². The predicted octanol–water partition coefficient (Wildman–Crippen LogP) is 4.00. The molecule has 0 aromatic rings. The molecule has 11 heteroatoms. The third kappa shape index (κ3) is 12.0. The maximum absolute atomic E-state index is 13.2. The SMILES string of the molecule is CCC(OC)C(C)C1OC1CC(C)(O)/C=C/C=C(\C)C1OC(=O)CC(O)CCC(C)(O)C(OC(=O)N2CCCN(C)CC2)/C=C/C1C. The first-order valence-corrected chi connectivity index (χ1v) is 17.3. The molecule has 2 saturated heterocycles. The fourth-order valence-corrected chi connectivity index (χ4v) is 6.59. The van der Waals surface area contributed by atoms with Crippen molar-refractivity contribution in [2.75, 3.05) is 40.3 Å². The van der Waals surface area contributed by atoms with Crippen LogP contribution in [0.2, 0.25) is 0 Å². The van der Waals surface area contributed by atoms with Gasteiger partial charge in [0.2, 0.25) is 0 Å². The van der Waals surface area contributed by atoms with Crippen LogP contribution >= 0.6 is 0 Å². The standard InChI is InChI=1S/C36H60N2O9/c1-9-28(44-8)26(4)33-29(45-33)23-35(5,42)16-10-12-24(2)32-25(3)13-14-30(36(6,43)17-15-27(39)22-31(40)47-32)46-34(41)38-19-11-18-37(7)20-21-38/h10,12-14,16,25-30,32-33,39,42-43H,9,11,15,17-23H2,1-8H3/b14-13+,16-10+,24-12+. The number of amides is 1. The molecule has 268 valence electrons. The molecule has 0 aliphatic carbocycles. The molecule has 0 saturated carbocycles. The lowest BCUT2D eigenvalue weighted by molar-refractivity contribution is -0.151. The van der Waals surface area contributed by atoms with Crippen molar-refractivity contribution in [2.45, 2.75) is 128 Å².